The minimum absolute atomic E-state index is 0.0908. The van der Waals surface area contributed by atoms with Gasteiger partial charge in [-0.25, -0.2) is 0 Å². The molecule has 0 N–H and O–H groups in total. The summed E-state index contributed by atoms with van der Waals surface area (Å²) < 4.78 is 5.25. The number of amides is 1. The molecule has 1 aliphatic rings. The number of hydrogen-bond acceptors (Lipinski definition) is 3. The molecule has 1 aromatic heterocycles. The maximum absolute atomic E-state index is 12.7. The molecular weight excluding hydrogens is 252 g/mol. The summed E-state index contributed by atoms with van der Waals surface area (Å²) in [6.45, 7) is 4.65. The van der Waals surface area contributed by atoms with Crippen LogP contribution in [-0.2, 0) is 0 Å². The Bertz CT molecular complexity index is 599. The number of aromatic nitrogens is 1. The van der Waals surface area contributed by atoms with E-state index >= 15 is 0 Å². The molecule has 1 amide bonds. The highest BCUT2D eigenvalue weighted by atomic mass is 16.5. The zero-order valence-corrected chi connectivity index (χ0v) is 11.8. The number of benzene rings is 1. The second-order valence-electron chi connectivity index (χ2n) is 5.26. The number of aryl methyl sites for hydroxylation is 2. The van der Waals surface area contributed by atoms with Crippen molar-refractivity contribution in [3.8, 4) is 0 Å². The second kappa shape index (κ2) is 5.12. The van der Waals surface area contributed by atoms with Gasteiger partial charge in [-0.3, -0.25) is 4.79 Å². The van der Waals surface area contributed by atoms with Crippen molar-refractivity contribution in [2.75, 3.05) is 6.54 Å². The molecule has 2 heterocycles. The minimum atomic E-state index is 0.0908. The summed E-state index contributed by atoms with van der Waals surface area (Å²) >= 11 is 0. The molecule has 4 heteroatoms. The summed E-state index contributed by atoms with van der Waals surface area (Å²) in [5.41, 5.74) is 2.71. The number of carbonyl (C=O) groups is 1. The lowest BCUT2D eigenvalue weighted by Crippen LogP contribution is -2.31. The van der Waals surface area contributed by atoms with E-state index < -0.39 is 0 Å². The predicted octanol–water partition coefficient (Wildman–Crippen LogP) is 3.27. The third-order valence-electron chi connectivity index (χ3n) is 3.96. The molecule has 1 atom stereocenters. The predicted molar refractivity (Wildman–Crippen MR) is 75.4 cm³/mol. The second-order valence-corrected chi connectivity index (χ2v) is 5.26. The number of carbonyl (C=O) groups excluding carboxylic acids is 1. The van der Waals surface area contributed by atoms with Crippen molar-refractivity contribution in [3.05, 3.63) is 52.9 Å². The normalized spacial score (nSPS) is 18.5. The molecule has 4 nitrogen and oxygen atoms in total. The Morgan fingerprint density at radius 1 is 1.30 bits per heavy atom. The third-order valence-corrected chi connectivity index (χ3v) is 3.96. The first-order chi connectivity index (χ1) is 9.68. The molecule has 1 fully saturated rings. The SMILES string of the molecule is Cc1noc(C)c1C1CCCN1C(=O)c1ccccc1. The van der Waals surface area contributed by atoms with Crippen LogP contribution >= 0.6 is 0 Å². The average Bonchev–Trinajstić information content (AvgIpc) is 3.06. The molecule has 20 heavy (non-hydrogen) atoms. The largest absolute Gasteiger partial charge is 0.361 e. The van der Waals surface area contributed by atoms with Gasteiger partial charge in [0.1, 0.15) is 5.76 Å². The number of likely N-dealkylation sites (tertiary alicyclic amines) is 1. The van der Waals surface area contributed by atoms with E-state index in [-0.39, 0.29) is 11.9 Å². The third kappa shape index (κ3) is 2.11. The Balaban J connectivity index is 1.92. The molecule has 0 spiro atoms. The molecule has 1 unspecified atom stereocenters. The molecule has 2 aromatic rings. The first kappa shape index (κ1) is 12.9. The molecular formula is C16H18N2O2. The van der Waals surface area contributed by atoms with E-state index in [9.17, 15) is 4.79 Å². The Labute approximate surface area is 118 Å². The number of rotatable bonds is 2. The van der Waals surface area contributed by atoms with Gasteiger partial charge in [0.2, 0.25) is 0 Å². The average molecular weight is 270 g/mol. The van der Waals surface area contributed by atoms with Gasteiger partial charge in [-0.15, -0.1) is 0 Å². The van der Waals surface area contributed by atoms with E-state index in [2.05, 4.69) is 5.16 Å². The van der Waals surface area contributed by atoms with Gasteiger partial charge in [0.25, 0.3) is 5.91 Å². The van der Waals surface area contributed by atoms with Crippen LogP contribution in [0.25, 0.3) is 0 Å². The highest BCUT2D eigenvalue weighted by Crippen LogP contribution is 2.36. The highest BCUT2D eigenvalue weighted by Gasteiger charge is 2.34. The maximum Gasteiger partial charge on any atom is 0.254 e. The van der Waals surface area contributed by atoms with Crippen LogP contribution in [0.5, 0.6) is 0 Å². The lowest BCUT2D eigenvalue weighted by molar-refractivity contribution is 0.0734. The Hall–Kier alpha value is -2.10. The van der Waals surface area contributed by atoms with Crippen LogP contribution < -0.4 is 0 Å². The molecule has 104 valence electrons. The summed E-state index contributed by atoms with van der Waals surface area (Å²) in [5, 5.41) is 4.01. The van der Waals surface area contributed by atoms with E-state index in [1.165, 1.54) is 0 Å². The summed E-state index contributed by atoms with van der Waals surface area (Å²) in [5.74, 6) is 0.911. The Morgan fingerprint density at radius 2 is 2.05 bits per heavy atom. The molecule has 1 saturated heterocycles. The number of hydrogen-bond donors (Lipinski definition) is 0. The summed E-state index contributed by atoms with van der Waals surface area (Å²) in [6.07, 6.45) is 1.99. The van der Waals surface area contributed by atoms with Gasteiger partial charge in [-0.1, -0.05) is 23.4 Å². The van der Waals surface area contributed by atoms with Crippen molar-refractivity contribution in [2.24, 2.45) is 0 Å². The zero-order valence-electron chi connectivity index (χ0n) is 11.8. The van der Waals surface area contributed by atoms with Crippen molar-refractivity contribution >= 4 is 5.91 Å². The van der Waals surface area contributed by atoms with E-state index in [1.54, 1.807) is 0 Å². The molecule has 0 aliphatic carbocycles. The van der Waals surface area contributed by atoms with Crippen LogP contribution in [0.15, 0.2) is 34.9 Å². The van der Waals surface area contributed by atoms with Crippen LogP contribution in [0.3, 0.4) is 0 Å². The fourth-order valence-corrected chi connectivity index (χ4v) is 3.02. The quantitative estimate of drug-likeness (QED) is 0.841. The van der Waals surface area contributed by atoms with Crippen molar-refractivity contribution < 1.29 is 9.32 Å². The van der Waals surface area contributed by atoms with Crippen LogP contribution in [0.4, 0.5) is 0 Å². The molecule has 0 radical (unpaired) electrons. The zero-order chi connectivity index (χ0) is 14.1. The summed E-state index contributed by atoms with van der Waals surface area (Å²) in [6, 6.07) is 9.54. The smallest absolute Gasteiger partial charge is 0.254 e. The van der Waals surface area contributed by atoms with Crippen LogP contribution in [0, 0.1) is 13.8 Å². The lowest BCUT2D eigenvalue weighted by Gasteiger charge is -2.24. The fraction of sp³-hybridized carbons (Fsp3) is 0.375. The van der Waals surface area contributed by atoms with Gasteiger partial charge < -0.3 is 9.42 Å². The van der Waals surface area contributed by atoms with E-state index in [4.69, 9.17) is 4.52 Å². The highest BCUT2D eigenvalue weighted by molar-refractivity contribution is 5.94. The molecule has 0 saturated carbocycles. The van der Waals surface area contributed by atoms with Gasteiger partial charge in [-0.2, -0.15) is 0 Å². The Morgan fingerprint density at radius 3 is 2.70 bits per heavy atom. The van der Waals surface area contributed by atoms with E-state index in [0.717, 1.165) is 42.0 Å². The lowest BCUT2D eigenvalue weighted by atomic mass is 10.0. The van der Waals surface area contributed by atoms with E-state index in [0.29, 0.717) is 0 Å². The molecule has 3 rings (SSSR count). The molecule has 1 aromatic carbocycles. The fourth-order valence-electron chi connectivity index (χ4n) is 3.02. The van der Waals surface area contributed by atoms with Crippen LogP contribution in [0.1, 0.15) is 46.3 Å². The van der Waals surface area contributed by atoms with Gasteiger partial charge in [0.15, 0.2) is 0 Å². The van der Waals surface area contributed by atoms with Crippen LogP contribution in [-0.4, -0.2) is 22.5 Å². The first-order valence-electron chi connectivity index (χ1n) is 6.97. The van der Waals surface area contributed by atoms with Crippen LogP contribution in [0.2, 0.25) is 0 Å². The maximum atomic E-state index is 12.7. The van der Waals surface area contributed by atoms with Crippen molar-refractivity contribution in [3.63, 3.8) is 0 Å². The summed E-state index contributed by atoms with van der Waals surface area (Å²) in [4.78, 5) is 14.6. The first-order valence-corrected chi connectivity index (χ1v) is 6.97. The van der Waals surface area contributed by atoms with Crippen molar-refractivity contribution in [1.82, 2.24) is 10.1 Å². The molecule has 0 bridgehead atoms. The topological polar surface area (TPSA) is 46.3 Å². The van der Waals surface area contributed by atoms with Gasteiger partial charge in [0.05, 0.1) is 11.7 Å². The summed E-state index contributed by atoms with van der Waals surface area (Å²) in [7, 11) is 0. The van der Waals surface area contributed by atoms with E-state index in [1.807, 2.05) is 49.1 Å². The van der Waals surface area contributed by atoms with Gasteiger partial charge in [-0.05, 0) is 38.8 Å². The van der Waals surface area contributed by atoms with Gasteiger partial charge >= 0.3 is 0 Å². The van der Waals surface area contributed by atoms with Gasteiger partial charge in [0, 0.05) is 17.7 Å². The van der Waals surface area contributed by atoms with Crippen molar-refractivity contribution in [2.45, 2.75) is 32.7 Å². The monoisotopic (exact) mass is 270 g/mol. The Kier molecular flexibility index (Phi) is 3.30. The van der Waals surface area contributed by atoms with Crippen molar-refractivity contribution in [1.29, 1.82) is 0 Å². The molecule has 1 aliphatic heterocycles. The standard InChI is InChI=1S/C16H18N2O2/c1-11-15(12(2)20-17-11)14-9-6-10-18(14)16(19)13-7-4-3-5-8-13/h3-5,7-8,14H,6,9-10H2,1-2H3. The number of nitrogens with zero attached hydrogens (tertiary/aromatic N) is 2. The minimum Gasteiger partial charge on any atom is -0.361 e.